The van der Waals surface area contributed by atoms with Crippen LogP contribution in [0.15, 0.2) is 36.5 Å². The van der Waals surface area contributed by atoms with E-state index in [1.807, 2.05) is 0 Å². The van der Waals surface area contributed by atoms with Gasteiger partial charge in [-0.2, -0.15) is 4.98 Å². The Morgan fingerprint density at radius 1 is 0.882 bits per heavy atom. The van der Waals surface area contributed by atoms with Gasteiger partial charge in [-0.25, -0.2) is 13.4 Å². The van der Waals surface area contributed by atoms with Gasteiger partial charge in [0.2, 0.25) is 27.8 Å². The molecule has 68 heavy (non-hydrogen) atoms. The Bertz CT molecular complexity index is 2330. The van der Waals surface area contributed by atoms with E-state index in [2.05, 4.69) is 69.9 Å². The van der Waals surface area contributed by atoms with Crippen LogP contribution in [0.1, 0.15) is 63.9 Å². The van der Waals surface area contributed by atoms with Crippen LogP contribution in [0.4, 0.5) is 34.5 Å². The second-order valence-electron chi connectivity index (χ2n) is 18.8. The number of halogens is 1. The van der Waals surface area contributed by atoms with E-state index in [0.717, 1.165) is 129 Å². The topological polar surface area (TPSA) is 186 Å². The molecule has 0 radical (unpaired) electrons. The van der Waals surface area contributed by atoms with E-state index in [9.17, 15) is 18.0 Å². The molecule has 2 aromatic carbocycles. The van der Waals surface area contributed by atoms with E-state index in [4.69, 9.17) is 25.8 Å². The third kappa shape index (κ3) is 12.1. The highest BCUT2D eigenvalue weighted by Gasteiger charge is 2.37. The molecule has 0 saturated carbocycles. The van der Waals surface area contributed by atoms with Gasteiger partial charge in [0, 0.05) is 109 Å². The zero-order chi connectivity index (χ0) is 48.0. The third-order valence-corrected chi connectivity index (χ3v) is 16.2. The Morgan fingerprint density at radius 3 is 2.31 bits per heavy atom. The van der Waals surface area contributed by atoms with Crippen LogP contribution in [0.5, 0.6) is 11.5 Å². The second kappa shape index (κ2) is 22.5. The van der Waals surface area contributed by atoms with E-state index in [0.29, 0.717) is 71.7 Å². The third-order valence-electron chi connectivity index (χ3n) is 14.8. The number of piperazine rings is 1. The molecular formula is C48H70ClN11O7S. The number of nitrogens with zero attached hydrogens (tertiary/aromatic N) is 7. The van der Waals surface area contributed by atoms with Gasteiger partial charge in [0.25, 0.3) is 0 Å². The van der Waals surface area contributed by atoms with Crippen molar-refractivity contribution in [3.05, 3.63) is 47.1 Å². The average Bonchev–Trinajstić information content (AvgIpc) is 3.35. The lowest BCUT2D eigenvalue weighted by Crippen LogP contribution is -2.56. The van der Waals surface area contributed by atoms with E-state index in [1.165, 1.54) is 35.9 Å². The minimum Gasteiger partial charge on any atom is -0.497 e. The number of methoxy groups -OCH3 is 2. The summed E-state index contributed by atoms with van der Waals surface area (Å²) in [7, 11) is 1.08. The summed E-state index contributed by atoms with van der Waals surface area (Å²) in [5, 5.41) is 13.0. The Labute approximate surface area is 406 Å². The van der Waals surface area contributed by atoms with Crippen LogP contribution >= 0.6 is 11.6 Å². The normalized spacial score (nSPS) is 23.0. The maximum atomic E-state index is 12.5. The first-order chi connectivity index (χ1) is 32.8. The maximum Gasteiger partial charge on any atom is 0.232 e. The van der Waals surface area contributed by atoms with E-state index < -0.39 is 10.0 Å². The van der Waals surface area contributed by atoms with Crippen molar-refractivity contribution in [3.8, 4) is 11.5 Å². The molecule has 5 saturated heterocycles. The molecule has 0 bridgehead atoms. The highest BCUT2D eigenvalue weighted by atomic mass is 35.5. The number of imide groups is 1. The number of aromatic nitrogens is 2. The van der Waals surface area contributed by atoms with Crippen LogP contribution in [0, 0.1) is 11.8 Å². The molecule has 5 fully saturated rings. The summed E-state index contributed by atoms with van der Waals surface area (Å²) in [5.74, 6) is 1.79. The number of hydrogen-bond acceptors (Lipinski definition) is 16. The van der Waals surface area contributed by atoms with Crippen molar-refractivity contribution in [2.75, 3.05) is 119 Å². The van der Waals surface area contributed by atoms with Crippen molar-refractivity contribution >= 4 is 68.0 Å². The maximum absolute atomic E-state index is 12.5. The first kappa shape index (κ1) is 49.9. The van der Waals surface area contributed by atoms with Crippen molar-refractivity contribution in [2.24, 2.45) is 11.8 Å². The van der Waals surface area contributed by atoms with Gasteiger partial charge < -0.3 is 35.1 Å². The Kier molecular flexibility index (Phi) is 16.5. The highest BCUT2D eigenvalue weighted by Crippen LogP contribution is 2.39. The van der Waals surface area contributed by atoms with Crippen molar-refractivity contribution in [2.45, 2.75) is 83.0 Å². The number of benzene rings is 2. The first-order valence-corrected chi connectivity index (χ1v) is 26.6. The Morgan fingerprint density at radius 2 is 1.65 bits per heavy atom. The molecular weight excluding hydrogens is 910 g/mol. The summed E-state index contributed by atoms with van der Waals surface area (Å²) in [6, 6.07) is 9.85. The number of carbonyl (C=O) groups is 2. The lowest BCUT2D eigenvalue weighted by atomic mass is 9.80. The fourth-order valence-corrected chi connectivity index (χ4v) is 11.3. The number of anilines is 6. The van der Waals surface area contributed by atoms with E-state index in [-0.39, 0.29) is 22.8 Å². The number of sulfonamides is 1. The summed E-state index contributed by atoms with van der Waals surface area (Å²) in [4.78, 5) is 43.4. The molecule has 3 atom stereocenters. The van der Waals surface area contributed by atoms with Gasteiger partial charge in [-0.05, 0) is 81.0 Å². The van der Waals surface area contributed by atoms with Gasteiger partial charge in [0.1, 0.15) is 16.5 Å². The quantitative estimate of drug-likeness (QED) is 0.132. The number of piperidine rings is 4. The summed E-state index contributed by atoms with van der Waals surface area (Å²) in [6.45, 7) is 13.1. The molecule has 0 aliphatic carbocycles. The molecule has 0 spiro atoms. The van der Waals surface area contributed by atoms with Gasteiger partial charge in [-0.15, -0.1) is 0 Å². The number of ether oxygens (including phenoxy) is 3. The fraction of sp³-hybridized carbons (Fsp3) is 0.625. The highest BCUT2D eigenvalue weighted by molar-refractivity contribution is 7.92. The summed E-state index contributed by atoms with van der Waals surface area (Å²) >= 11 is 6.57. The van der Waals surface area contributed by atoms with Crippen LogP contribution < -0.4 is 39.9 Å². The molecule has 4 N–H and O–H groups in total. The molecule has 3 aromatic rings. The molecule has 5 aliphatic rings. The number of nitrogens with one attached hydrogen (secondary N) is 4. The van der Waals surface area contributed by atoms with Crippen LogP contribution in [-0.2, 0) is 30.8 Å². The lowest BCUT2D eigenvalue weighted by Gasteiger charge is -2.44. The zero-order valence-electron chi connectivity index (χ0n) is 40.3. The predicted octanol–water partition coefficient (Wildman–Crippen LogP) is 5.04. The van der Waals surface area contributed by atoms with Crippen molar-refractivity contribution in [3.63, 3.8) is 0 Å². The minimum absolute atomic E-state index is 0.0468. The number of hydrogen-bond donors (Lipinski definition) is 4. The van der Waals surface area contributed by atoms with Gasteiger partial charge in [-0.1, -0.05) is 18.5 Å². The van der Waals surface area contributed by atoms with Crippen molar-refractivity contribution in [1.29, 1.82) is 0 Å². The van der Waals surface area contributed by atoms with Crippen molar-refractivity contribution in [1.82, 2.24) is 35.3 Å². The van der Waals surface area contributed by atoms with Gasteiger partial charge in [0.05, 0.1) is 62.6 Å². The monoisotopic (exact) mass is 979 g/mol. The van der Waals surface area contributed by atoms with Crippen LogP contribution in [-0.4, -0.2) is 163 Å². The molecule has 20 heteroatoms. The minimum atomic E-state index is -3.58. The predicted molar refractivity (Wildman–Crippen MR) is 266 cm³/mol. The standard InChI is InChI=1S/C48H70ClN11O7S/c1-6-32-27-40(53-48-51-31-38(49)46(55-48)52-39-10-8-36(65-3)28-42(39)56(2)68(5,63)64)43(66-4)29-41(32)59-17-13-34(14-18-59)58-23-21-57(22-24-58)25-26-67-35-15-19-60(20-16-35)44-11-7-33(30-50-44)37-9-12-45(61)54-47(37)62/h8,10,27-29,31,33-35,37,44,50H,6-7,9,11-26,30H2,1-5H3,(H,54,61,62)(H2,51,52,53,55). The van der Waals surface area contributed by atoms with Gasteiger partial charge in [-0.3, -0.25) is 33.9 Å². The number of aryl methyl sites for hydroxylation is 1. The molecule has 18 nitrogen and oxygen atoms in total. The SMILES string of the molecule is CCc1cc(Nc2ncc(Cl)c(Nc3ccc(OC)cc3N(C)S(C)(=O)=O)n2)c(OC)cc1N1CCC(N2CCN(CCOC3CCN(C4CCC(C5CCC(=O)NC5=O)CN4)CC3)CC2)CC1. The zero-order valence-corrected chi connectivity index (χ0v) is 41.8. The molecule has 6 heterocycles. The largest absolute Gasteiger partial charge is 0.497 e. The number of amides is 2. The molecule has 8 rings (SSSR count). The molecule has 1 aromatic heterocycles. The lowest BCUT2D eigenvalue weighted by molar-refractivity contribution is -0.138. The van der Waals surface area contributed by atoms with Crippen molar-refractivity contribution < 1.29 is 32.2 Å². The van der Waals surface area contributed by atoms with Crippen LogP contribution in [0.2, 0.25) is 5.02 Å². The average molecular weight is 981 g/mol. The van der Waals surface area contributed by atoms with Gasteiger partial charge in [0.15, 0.2) is 5.82 Å². The van der Waals surface area contributed by atoms with Gasteiger partial charge >= 0.3 is 0 Å². The number of rotatable bonds is 17. The van der Waals surface area contributed by atoms with E-state index >= 15 is 0 Å². The number of likely N-dealkylation sites (tertiary alicyclic amines) is 1. The van der Waals surface area contributed by atoms with E-state index in [1.54, 1.807) is 25.3 Å². The summed E-state index contributed by atoms with van der Waals surface area (Å²) in [6.07, 6.45) is 11.6. The summed E-state index contributed by atoms with van der Waals surface area (Å²) < 4.78 is 43.9. The molecule has 5 aliphatic heterocycles. The van der Waals surface area contributed by atoms with Crippen LogP contribution in [0.3, 0.4) is 0 Å². The number of carbonyl (C=O) groups excluding carboxylic acids is 2. The van der Waals surface area contributed by atoms with Crippen LogP contribution in [0.25, 0.3) is 0 Å². The molecule has 372 valence electrons. The Balaban J connectivity index is 0.771. The smallest absolute Gasteiger partial charge is 0.232 e. The fourth-order valence-electron chi connectivity index (χ4n) is 10.6. The first-order valence-electron chi connectivity index (χ1n) is 24.3. The summed E-state index contributed by atoms with van der Waals surface area (Å²) in [5.41, 5.74) is 3.93. The second-order valence-corrected chi connectivity index (χ2v) is 21.2. The molecule has 3 unspecified atom stereocenters. The molecule has 2 amide bonds. The Hall–Kier alpha value is -4.50.